The van der Waals surface area contributed by atoms with Crippen molar-refractivity contribution >= 4 is 34.4 Å². The van der Waals surface area contributed by atoms with Crippen molar-refractivity contribution in [2.24, 2.45) is 7.05 Å². The van der Waals surface area contributed by atoms with Gasteiger partial charge in [-0.1, -0.05) is 17.8 Å². The van der Waals surface area contributed by atoms with Gasteiger partial charge in [0.1, 0.15) is 5.75 Å². The van der Waals surface area contributed by atoms with Crippen molar-refractivity contribution in [2.45, 2.75) is 10.9 Å². The van der Waals surface area contributed by atoms with Crippen molar-refractivity contribution in [2.75, 3.05) is 44.0 Å². The number of hydrogen-bond acceptors (Lipinski definition) is 8. The number of aromatic nitrogens is 4. The van der Waals surface area contributed by atoms with E-state index in [1.54, 1.807) is 25.2 Å². The van der Waals surface area contributed by atoms with Crippen LogP contribution in [0.5, 0.6) is 5.75 Å². The molecule has 1 aliphatic rings. The van der Waals surface area contributed by atoms with Crippen LogP contribution in [0.3, 0.4) is 0 Å². The Morgan fingerprint density at radius 3 is 2.81 bits per heavy atom. The van der Waals surface area contributed by atoms with Gasteiger partial charge < -0.3 is 24.7 Å². The van der Waals surface area contributed by atoms with Crippen LogP contribution >= 0.6 is 11.8 Å². The molecule has 8 nitrogen and oxygen atoms in total. The number of fused-ring (bicyclic) bond motifs is 1. The third-order valence-corrected chi connectivity index (χ3v) is 5.41. The number of hydrogen-bond donors (Lipinski definition) is 1. The number of aryl methyl sites for hydroxylation is 1. The van der Waals surface area contributed by atoms with Crippen LogP contribution in [-0.4, -0.2) is 52.9 Å². The Morgan fingerprint density at radius 1 is 1.26 bits per heavy atom. The second kappa shape index (κ2) is 7.61. The summed E-state index contributed by atoms with van der Waals surface area (Å²) in [5.41, 5.74) is 9.40. The smallest absolute Gasteiger partial charge is 0.191 e. The van der Waals surface area contributed by atoms with Crippen LogP contribution in [0.1, 0.15) is 5.56 Å². The fraction of sp³-hybridized carbons (Fsp3) is 0.389. The van der Waals surface area contributed by atoms with E-state index in [9.17, 15) is 0 Å². The lowest BCUT2D eigenvalue weighted by atomic mass is 10.2. The number of morpholine rings is 1. The molecular weight excluding hydrogens is 364 g/mol. The summed E-state index contributed by atoms with van der Waals surface area (Å²) in [5, 5.41) is 0.724. The third-order valence-electron chi connectivity index (χ3n) is 4.49. The minimum atomic E-state index is 0.632. The lowest BCUT2D eigenvalue weighted by Crippen LogP contribution is -2.37. The molecule has 3 heterocycles. The van der Waals surface area contributed by atoms with Gasteiger partial charge in [-0.25, -0.2) is 15.0 Å². The van der Waals surface area contributed by atoms with Gasteiger partial charge in [0.05, 0.1) is 32.3 Å². The van der Waals surface area contributed by atoms with Crippen molar-refractivity contribution in [3.8, 4) is 5.75 Å². The molecule has 0 spiro atoms. The number of benzene rings is 1. The Morgan fingerprint density at radius 2 is 2.07 bits per heavy atom. The van der Waals surface area contributed by atoms with Crippen molar-refractivity contribution in [1.29, 1.82) is 0 Å². The molecule has 2 N–H and O–H groups in total. The summed E-state index contributed by atoms with van der Waals surface area (Å²) in [5.74, 6) is 2.28. The van der Waals surface area contributed by atoms with E-state index in [2.05, 4.69) is 9.88 Å². The number of anilines is 2. The Labute approximate surface area is 161 Å². The third kappa shape index (κ3) is 3.65. The van der Waals surface area contributed by atoms with Crippen LogP contribution in [0.15, 0.2) is 29.7 Å². The first-order valence-electron chi connectivity index (χ1n) is 8.72. The minimum absolute atomic E-state index is 0.632. The summed E-state index contributed by atoms with van der Waals surface area (Å²) in [6.07, 6.45) is 1.78. The average molecular weight is 386 g/mol. The van der Waals surface area contributed by atoms with Gasteiger partial charge in [-0.2, -0.15) is 0 Å². The standard InChI is InChI=1S/C18H22N6O2S/c1-23-11-20-15-16(23)21-18(22-17(15)24-5-7-26-8-6-24)27-10-12-3-4-14(25-2)13(19)9-12/h3-4,9,11H,5-8,10,19H2,1-2H3. The summed E-state index contributed by atoms with van der Waals surface area (Å²) >= 11 is 1.58. The van der Waals surface area contributed by atoms with Gasteiger partial charge in [-0.05, 0) is 17.7 Å². The van der Waals surface area contributed by atoms with E-state index in [1.165, 1.54) is 0 Å². The highest BCUT2D eigenvalue weighted by Crippen LogP contribution is 2.29. The van der Waals surface area contributed by atoms with Gasteiger partial charge in [0.25, 0.3) is 0 Å². The highest BCUT2D eigenvalue weighted by Gasteiger charge is 2.20. The molecule has 27 heavy (non-hydrogen) atoms. The Balaban J connectivity index is 1.61. The maximum atomic E-state index is 6.01. The Bertz CT molecular complexity index is 954. The molecule has 0 bridgehead atoms. The number of rotatable bonds is 5. The number of methoxy groups -OCH3 is 1. The number of ether oxygens (including phenoxy) is 2. The summed E-state index contributed by atoms with van der Waals surface area (Å²) in [7, 11) is 3.56. The van der Waals surface area contributed by atoms with Crippen LogP contribution in [-0.2, 0) is 17.5 Å². The van der Waals surface area contributed by atoms with Crippen LogP contribution < -0.4 is 15.4 Å². The van der Waals surface area contributed by atoms with Crippen molar-refractivity contribution in [3.63, 3.8) is 0 Å². The van der Waals surface area contributed by atoms with Gasteiger partial charge in [0, 0.05) is 25.9 Å². The van der Waals surface area contributed by atoms with Crippen molar-refractivity contribution in [1.82, 2.24) is 19.5 Å². The molecule has 4 rings (SSSR count). The van der Waals surface area contributed by atoms with E-state index in [1.807, 2.05) is 29.8 Å². The fourth-order valence-corrected chi connectivity index (χ4v) is 3.83. The zero-order valence-electron chi connectivity index (χ0n) is 15.4. The molecule has 1 saturated heterocycles. The van der Waals surface area contributed by atoms with E-state index in [-0.39, 0.29) is 0 Å². The number of thioether (sulfide) groups is 1. The van der Waals surface area contributed by atoms with E-state index in [4.69, 9.17) is 25.2 Å². The van der Waals surface area contributed by atoms with Gasteiger partial charge in [-0.15, -0.1) is 0 Å². The summed E-state index contributed by atoms with van der Waals surface area (Å²) < 4.78 is 12.6. The largest absolute Gasteiger partial charge is 0.495 e. The minimum Gasteiger partial charge on any atom is -0.495 e. The predicted molar refractivity (Wildman–Crippen MR) is 106 cm³/mol. The number of nitrogens with zero attached hydrogens (tertiary/aromatic N) is 5. The highest BCUT2D eigenvalue weighted by molar-refractivity contribution is 7.98. The predicted octanol–water partition coefficient (Wildman–Crippen LogP) is 2.08. The average Bonchev–Trinajstić information content (AvgIpc) is 3.07. The molecule has 9 heteroatoms. The van der Waals surface area contributed by atoms with Crippen LogP contribution in [0.25, 0.3) is 11.2 Å². The zero-order chi connectivity index (χ0) is 18.8. The quantitative estimate of drug-likeness (QED) is 0.405. The second-order valence-electron chi connectivity index (χ2n) is 6.32. The topological polar surface area (TPSA) is 91.3 Å². The molecule has 0 radical (unpaired) electrons. The molecule has 0 atom stereocenters. The van der Waals surface area contributed by atoms with Crippen LogP contribution in [0, 0.1) is 0 Å². The first-order chi connectivity index (χ1) is 13.2. The molecule has 1 aromatic carbocycles. The molecule has 1 fully saturated rings. The molecular formula is C18H22N6O2S. The van der Waals surface area contributed by atoms with Crippen LogP contribution in [0.4, 0.5) is 11.5 Å². The van der Waals surface area contributed by atoms with Crippen LogP contribution in [0.2, 0.25) is 0 Å². The highest BCUT2D eigenvalue weighted by atomic mass is 32.2. The first-order valence-corrected chi connectivity index (χ1v) is 9.71. The lowest BCUT2D eigenvalue weighted by molar-refractivity contribution is 0.122. The maximum Gasteiger partial charge on any atom is 0.191 e. The van der Waals surface area contributed by atoms with Crippen molar-refractivity contribution < 1.29 is 9.47 Å². The monoisotopic (exact) mass is 386 g/mol. The maximum absolute atomic E-state index is 6.01. The molecule has 0 aliphatic carbocycles. The molecule has 2 aromatic heterocycles. The summed E-state index contributed by atoms with van der Waals surface area (Å²) in [6, 6.07) is 5.82. The molecule has 3 aromatic rings. The van der Waals surface area contributed by atoms with Gasteiger partial charge in [0.2, 0.25) is 0 Å². The molecule has 142 valence electrons. The van der Waals surface area contributed by atoms with Gasteiger partial charge in [-0.3, -0.25) is 0 Å². The van der Waals surface area contributed by atoms with Gasteiger partial charge in [0.15, 0.2) is 22.1 Å². The number of imidazole rings is 1. The molecule has 1 aliphatic heterocycles. The van der Waals surface area contributed by atoms with E-state index >= 15 is 0 Å². The summed E-state index contributed by atoms with van der Waals surface area (Å²) in [4.78, 5) is 16.2. The summed E-state index contributed by atoms with van der Waals surface area (Å²) in [6.45, 7) is 3.02. The van der Waals surface area contributed by atoms with E-state index in [0.29, 0.717) is 24.7 Å². The Hall–Kier alpha value is -2.52. The lowest BCUT2D eigenvalue weighted by Gasteiger charge is -2.28. The van der Waals surface area contributed by atoms with Gasteiger partial charge >= 0.3 is 0 Å². The molecule has 0 unspecified atom stereocenters. The van der Waals surface area contributed by atoms with Crippen molar-refractivity contribution in [3.05, 3.63) is 30.1 Å². The normalized spacial score (nSPS) is 14.7. The molecule has 0 amide bonds. The zero-order valence-corrected chi connectivity index (χ0v) is 16.2. The fourth-order valence-electron chi connectivity index (χ4n) is 3.05. The second-order valence-corrected chi connectivity index (χ2v) is 7.26. The van der Waals surface area contributed by atoms with E-state index in [0.717, 1.165) is 46.5 Å². The number of nitrogens with two attached hydrogens (primary N) is 1. The first kappa shape index (κ1) is 17.9. The Kier molecular flexibility index (Phi) is 5.04. The molecule has 0 saturated carbocycles. The van der Waals surface area contributed by atoms with E-state index < -0.39 is 0 Å². The number of nitrogen functional groups attached to an aromatic ring is 1. The SMILES string of the molecule is COc1ccc(CSc2nc(N3CCOCC3)c3ncn(C)c3n2)cc1N.